The zero-order chi connectivity index (χ0) is 10.7. The van der Waals surface area contributed by atoms with E-state index in [0.717, 1.165) is 9.93 Å². The third kappa shape index (κ3) is 3.01. The summed E-state index contributed by atoms with van der Waals surface area (Å²) < 4.78 is 0. The van der Waals surface area contributed by atoms with E-state index in [2.05, 4.69) is 4.98 Å². The van der Waals surface area contributed by atoms with Gasteiger partial charge in [-0.05, 0) is 33.5 Å². The van der Waals surface area contributed by atoms with Crippen molar-refractivity contribution in [2.75, 3.05) is 19.0 Å². The van der Waals surface area contributed by atoms with Crippen molar-refractivity contribution in [1.29, 1.82) is 0 Å². The van der Waals surface area contributed by atoms with E-state index in [9.17, 15) is 0 Å². The van der Waals surface area contributed by atoms with Gasteiger partial charge in [0.2, 0.25) is 4.80 Å². The molecule has 0 spiro atoms. The number of nitrogens with zero attached hydrogens (tertiary/aromatic N) is 3. The fourth-order valence-electron chi connectivity index (χ4n) is 1.78. The monoisotopic (exact) mass is 243 g/mol. The van der Waals surface area contributed by atoms with Gasteiger partial charge in [0.15, 0.2) is 5.13 Å². The minimum Gasteiger partial charge on any atom is -0.353 e. The Kier molecular flexibility index (Phi) is 3.75. The molecule has 0 saturated heterocycles. The third-order valence-corrected chi connectivity index (χ3v) is 4.81. The maximum atomic E-state index is 4.71. The maximum Gasteiger partial charge on any atom is 0.217 e. The second-order valence-corrected chi connectivity index (χ2v) is 6.22. The predicted molar refractivity (Wildman–Crippen MR) is 66.8 cm³/mol. The quantitative estimate of drug-likeness (QED) is 0.747. The highest BCUT2D eigenvalue weighted by molar-refractivity contribution is 7.69. The van der Waals surface area contributed by atoms with Gasteiger partial charge in [-0.2, -0.15) is 4.98 Å². The van der Waals surface area contributed by atoms with E-state index in [-0.39, 0.29) is 0 Å². The van der Waals surface area contributed by atoms with E-state index in [1.807, 2.05) is 19.0 Å². The summed E-state index contributed by atoms with van der Waals surface area (Å²) in [6, 6.07) is 0.534. The molecule has 0 unspecified atom stereocenters. The highest BCUT2D eigenvalue weighted by Crippen LogP contribution is 2.21. The van der Waals surface area contributed by atoms with Gasteiger partial charge in [-0.3, -0.25) is 4.99 Å². The fourth-order valence-corrected chi connectivity index (χ4v) is 3.83. The Morgan fingerprint density at radius 2 is 1.93 bits per heavy atom. The van der Waals surface area contributed by atoms with Crippen molar-refractivity contribution in [3.63, 3.8) is 0 Å². The molecule has 3 nitrogen and oxygen atoms in total. The molecule has 0 aromatic carbocycles. The summed E-state index contributed by atoms with van der Waals surface area (Å²) in [5, 5.41) is 1.06. The van der Waals surface area contributed by atoms with Crippen molar-refractivity contribution in [3.8, 4) is 0 Å². The van der Waals surface area contributed by atoms with Crippen LogP contribution in [0.4, 0.5) is 5.13 Å². The summed E-state index contributed by atoms with van der Waals surface area (Å²) in [7, 11) is 7.45. The van der Waals surface area contributed by atoms with Gasteiger partial charge < -0.3 is 4.90 Å². The van der Waals surface area contributed by atoms with Gasteiger partial charge in [-0.1, -0.05) is 19.3 Å². The van der Waals surface area contributed by atoms with E-state index in [1.165, 1.54) is 32.1 Å². The van der Waals surface area contributed by atoms with Gasteiger partial charge in [-0.15, -0.1) is 0 Å². The molecular formula is C10H17N3S2. The van der Waals surface area contributed by atoms with Gasteiger partial charge in [0.1, 0.15) is 0 Å². The van der Waals surface area contributed by atoms with Crippen LogP contribution in [0, 0.1) is 0 Å². The Bertz CT molecular complexity index is 361. The van der Waals surface area contributed by atoms with E-state index in [1.54, 1.807) is 20.7 Å². The molecule has 2 rings (SSSR count). The summed E-state index contributed by atoms with van der Waals surface area (Å²) in [4.78, 5) is 12.2. The first-order valence-corrected chi connectivity index (χ1v) is 7.59. The molecule has 1 aliphatic carbocycles. The van der Waals surface area contributed by atoms with Crippen LogP contribution in [0.3, 0.4) is 0 Å². The van der Waals surface area contributed by atoms with E-state index in [0.29, 0.717) is 6.04 Å². The second-order valence-electron chi connectivity index (χ2n) is 4.16. The first-order chi connectivity index (χ1) is 7.25. The minimum atomic E-state index is 0.534. The molecule has 0 atom stereocenters. The first kappa shape index (κ1) is 11.1. The molecule has 5 heteroatoms. The molecule has 0 amide bonds. The van der Waals surface area contributed by atoms with Gasteiger partial charge in [0, 0.05) is 14.1 Å². The van der Waals surface area contributed by atoms with Crippen LogP contribution >= 0.6 is 20.7 Å². The number of hydrogen-bond acceptors (Lipinski definition) is 5. The second kappa shape index (κ2) is 5.07. The molecule has 0 N–H and O–H groups in total. The Morgan fingerprint density at radius 1 is 1.20 bits per heavy atom. The maximum absolute atomic E-state index is 4.71. The molecule has 0 radical (unpaired) electrons. The van der Waals surface area contributed by atoms with Crippen LogP contribution in [0.1, 0.15) is 32.1 Å². The van der Waals surface area contributed by atoms with Gasteiger partial charge in [0.05, 0.1) is 6.04 Å². The highest BCUT2D eigenvalue weighted by Gasteiger charge is 2.12. The highest BCUT2D eigenvalue weighted by atomic mass is 32.9. The molecule has 1 heterocycles. The van der Waals surface area contributed by atoms with Gasteiger partial charge in [0.25, 0.3) is 0 Å². The standard InChI is InChI=1S/C10H17N3S2/c1-13(2)10-12-9(14-15-10)11-8-6-4-3-5-7-8/h8H,3-7H2,1-2H3. The Labute approximate surface area is 97.9 Å². The number of hydrogen-bond donors (Lipinski definition) is 0. The molecule has 84 valence electrons. The fraction of sp³-hybridized carbons (Fsp3) is 0.800. The minimum absolute atomic E-state index is 0.534. The lowest BCUT2D eigenvalue weighted by molar-refractivity contribution is 0.437. The summed E-state index contributed by atoms with van der Waals surface area (Å²) >= 11 is 0. The van der Waals surface area contributed by atoms with Crippen molar-refractivity contribution >= 4 is 25.8 Å². The molecule has 15 heavy (non-hydrogen) atoms. The van der Waals surface area contributed by atoms with Crippen LogP contribution in [0.15, 0.2) is 4.99 Å². The molecule has 0 aliphatic heterocycles. The summed E-state index contributed by atoms with van der Waals surface area (Å²) in [5.74, 6) is 0. The van der Waals surface area contributed by atoms with Crippen LogP contribution in [0.25, 0.3) is 0 Å². The SMILES string of the molecule is CN(C)c1nc(=NC2CCCCC2)ss1. The van der Waals surface area contributed by atoms with Gasteiger partial charge in [-0.25, -0.2) is 0 Å². The van der Waals surface area contributed by atoms with Crippen molar-refractivity contribution < 1.29 is 0 Å². The van der Waals surface area contributed by atoms with Gasteiger partial charge >= 0.3 is 0 Å². The summed E-state index contributed by atoms with van der Waals surface area (Å²) in [5.41, 5.74) is 0. The van der Waals surface area contributed by atoms with Crippen LogP contribution < -0.4 is 9.70 Å². The third-order valence-electron chi connectivity index (χ3n) is 2.63. The lowest BCUT2D eigenvalue weighted by Gasteiger charge is -2.16. The smallest absolute Gasteiger partial charge is 0.217 e. The first-order valence-electron chi connectivity index (χ1n) is 5.44. The van der Waals surface area contributed by atoms with Crippen molar-refractivity contribution in [2.24, 2.45) is 4.99 Å². The largest absolute Gasteiger partial charge is 0.353 e. The Hall–Kier alpha value is -0.420. The predicted octanol–water partition coefficient (Wildman–Crippen LogP) is 2.50. The Balaban J connectivity index is 2.10. The van der Waals surface area contributed by atoms with E-state index >= 15 is 0 Å². The summed E-state index contributed by atoms with van der Waals surface area (Å²) in [6.07, 6.45) is 6.56. The number of aromatic nitrogens is 1. The van der Waals surface area contributed by atoms with E-state index in [4.69, 9.17) is 4.99 Å². The average molecular weight is 243 g/mol. The molecule has 0 bridgehead atoms. The van der Waals surface area contributed by atoms with Crippen molar-refractivity contribution in [3.05, 3.63) is 4.80 Å². The Morgan fingerprint density at radius 3 is 2.53 bits per heavy atom. The van der Waals surface area contributed by atoms with Crippen LogP contribution in [-0.2, 0) is 0 Å². The zero-order valence-corrected chi connectivity index (χ0v) is 10.9. The molecule has 1 aromatic heterocycles. The molecule has 1 fully saturated rings. The average Bonchev–Trinajstić information content (AvgIpc) is 2.68. The van der Waals surface area contributed by atoms with Crippen molar-refractivity contribution in [1.82, 2.24) is 4.98 Å². The number of rotatable bonds is 2. The molecule has 1 saturated carbocycles. The van der Waals surface area contributed by atoms with Crippen LogP contribution in [-0.4, -0.2) is 25.1 Å². The molecule has 1 aliphatic rings. The molecule has 1 aromatic rings. The van der Waals surface area contributed by atoms with Crippen LogP contribution in [0.5, 0.6) is 0 Å². The van der Waals surface area contributed by atoms with Crippen molar-refractivity contribution in [2.45, 2.75) is 38.1 Å². The number of anilines is 1. The summed E-state index contributed by atoms with van der Waals surface area (Å²) in [6.45, 7) is 0. The van der Waals surface area contributed by atoms with Crippen LogP contribution in [0.2, 0.25) is 0 Å². The molecular weight excluding hydrogens is 226 g/mol. The topological polar surface area (TPSA) is 28.5 Å². The zero-order valence-electron chi connectivity index (χ0n) is 9.27. The lowest BCUT2D eigenvalue weighted by Crippen LogP contribution is -2.15. The normalized spacial score (nSPS) is 19.5. The van der Waals surface area contributed by atoms with E-state index < -0.39 is 0 Å². The lowest BCUT2D eigenvalue weighted by atomic mass is 9.96.